The van der Waals surface area contributed by atoms with Gasteiger partial charge in [-0.3, -0.25) is 0 Å². The minimum absolute atomic E-state index is 0.267. The molecule has 0 saturated heterocycles. The molecule has 1 heteroatoms. The zero-order chi connectivity index (χ0) is 20.3. The van der Waals surface area contributed by atoms with Crippen molar-refractivity contribution in [3.05, 3.63) is 126 Å². The van der Waals surface area contributed by atoms with E-state index in [4.69, 9.17) is 4.74 Å². The molecule has 29 heavy (non-hydrogen) atoms. The Hall–Kier alpha value is -3.06. The van der Waals surface area contributed by atoms with E-state index in [0.29, 0.717) is 5.92 Å². The number of ether oxygens (including phenoxy) is 1. The number of benzene rings is 3. The lowest BCUT2D eigenvalue weighted by Crippen LogP contribution is -2.45. The molecule has 0 radical (unpaired) electrons. The van der Waals surface area contributed by atoms with Crippen molar-refractivity contribution in [3.8, 4) is 5.75 Å². The van der Waals surface area contributed by atoms with Gasteiger partial charge in [0.25, 0.3) is 0 Å². The molecule has 0 heterocycles. The van der Waals surface area contributed by atoms with Gasteiger partial charge in [0.1, 0.15) is 5.75 Å². The Morgan fingerprint density at radius 3 is 1.72 bits per heavy atom. The minimum atomic E-state index is -0.435. The molecule has 0 fully saturated rings. The largest absolute Gasteiger partial charge is 0.496 e. The van der Waals surface area contributed by atoms with Crippen molar-refractivity contribution in [1.82, 2.24) is 0 Å². The molecule has 3 aromatic rings. The Kier molecular flexibility index (Phi) is 5.15. The van der Waals surface area contributed by atoms with Crippen molar-refractivity contribution < 1.29 is 4.74 Å². The van der Waals surface area contributed by atoms with Crippen molar-refractivity contribution in [3.63, 3.8) is 0 Å². The molecule has 0 aliphatic heterocycles. The molecule has 3 aromatic carbocycles. The van der Waals surface area contributed by atoms with Crippen LogP contribution in [0.1, 0.15) is 30.5 Å². The first-order valence-electron chi connectivity index (χ1n) is 10.2. The second-order valence-corrected chi connectivity index (χ2v) is 8.04. The molecule has 1 nitrogen and oxygen atoms in total. The summed E-state index contributed by atoms with van der Waals surface area (Å²) in [7, 11) is 1.76. The molecule has 0 aromatic heterocycles. The molecular weight excluding hydrogens is 352 g/mol. The van der Waals surface area contributed by atoms with Gasteiger partial charge < -0.3 is 4.74 Å². The van der Waals surface area contributed by atoms with E-state index in [0.717, 1.165) is 5.75 Å². The van der Waals surface area contributed by atoms with Gasteiger partial charge in [0.15, 0.2) is 0 Å². The van der Waals surface area contributed by atoms with Gasteiger partial charge in [-0.05, 0) is 23.1 Å². The Labute approximate surface area is 174 Å². The highest BCUT2D eigenvalue weighted by molar-refractivity contribution is 5.60. The van der Waals surface area contributed by atoms with Crippen LogP contribution < -0.4 is 4.74 Å². The lowest BCUT2D eigenvalue weighted by Gasteiger charge is -2.49. The number of hydrogen-bond acceptors (Lipinski definition) is 1. The van der Waals surface area contributed by atoms with Crippen LogP contribution in [0.4, 0.5) is 0 Å². The van der Waals surface area contributed by atoms with Crippen LogP contribution in [0.3, 0.4) is 0 Å². The summed E-state index contributed by atoms with van der Waals surface area (Å²) in [6, 6.07) is 30.1. The zero-order valence-electron chi connectivity index (χ0n) is 17.4. The fourth-order valence-electron chi connectivity index (χ4n) is 4.79. The van der Waals surface area contributed by atoms with Crippen molar-refractivity contribution in [2.75, 3.05) is 7.11 Å². The molecule has 1 aliphatic carbocycles. The first-order valence-corrected chi connectivity index (χ1v) is 10.2. The first kappa shape index (κ1) is 19.3. The molecule has 0 unspecified atom stereocenters. The summed E-state index contributed by atoms with van der Waals surface area (Å²) in [5, 5.41) is 0. The van der Waals surface area contributed by atoms with E-state index < -0.39 is 5.41 Å². The fourth-order valence-corrected chi connectivity index (χ4v) is 4.79. The van der Waals surface area contributed by atoms with Crippen molar-refractivity contribution in [2.45, 2.75) is 19.3 Å². The van der Waals surface area contributed by atoms with Gasteiger partial charge in [-0.15, -0.1) is 0 Å². The third kappa shape index (κ3) is 3.11. The number of para-hydroxylation sites is 1. The second-order valence-electron chi connectivity index (χ2n) is 8.04. The van der Waals surface area contributed by atoms with E-state index in [9.17, 15) is 0 Å². The minimum Gasteiger partial charge on any atom is -0.496 e. The van der Waals surface area contributed by atoms with Crippen molar-refractivity contribution in [1.29, 1.82) is 0 Å². The molecular formula is C28H28O. The molecule has 0 atom stereocenters. The van der Waals surface area contributed by atoms with E-state index in [1.165, 1.54) is 16.7 Å². The molecule has 0 amide bonds. The molecule has 1 aliphatic rings. The number of rotatable bonds is 5. The summed E-state index contributed by atoms with van der Waals surface area (Å²) in [5.41, 5.74) is 2.97. The zero-order valence-corrected chi connectivity index (χ0v) is 17.4. The first-order chi connectivity index (χ1) is 14.1. The fraction of sp³-hybridized carbons (Fsp3) is 0.214. The highest BCUT2D eigenvalue weighted by atomic mass is 16.5. The van der Waals surface area contributed by atoms with Gasteiger partial charge in [0.05, 0.1) is 12.5 Å². The highest BCUT2D eigenvalue weighted by Crippen LogP contribution is 2.56. The lowest BCUT2D eigenvalue weighted by molar-refractivity contribution is 0.336. The van der Waals surface area contributed by atoms with Crippen LogP contribution in [0.2, 0.25) is 0 Å². The Morgan fingerprint density at radius 2 is 1.21 bits per heavy atom. The SMILES string of the molecule is COc1ccccc1C(c1ccccc1)(c1ccccc1)C1(C)C=CC(C)C=C1. The maximum atomic E-state index is 5.90. The predicted molar refractivity (Wildman–Crippen MR) is 121 cm³/mol. The summed E-state index contributed by atoms with van der Waals surface area (Å²) in [6.45, 7) is 4.56. The molecule has 0 N–H and O–H groups in total. The predicted octanol–water partition coefficient (Wildman–Crippen LogP) is 6.80. The average molecular weight is 381 g/mol. The topological polar surface area (TPSA) is 9.23 Å². The summed E-state index contributed by atoms with van der Waals surface area (Å²) in [6.07, 6.45) is 9.39. The number of hydrogen-bond donors (Lipinski definition) is 0. The van der Waals surface area contributed by atoms with Crippen LogP contribution in [0, 0.1) is 11.3 Å². The highest BCUT2D eigenvalue weighted by Gasteiger charge is 2.51. The quantitative estimate of drug-likeness (QED) is 0.349. The Morgan fingerprint density at radius 1 is 0.724 bits per heavy atom. The van der Waals surface area contributed by atoms with Crippen LogP contribution in [-0.4, -0.2) is 7.11 Å². The molecule has 0 saturated carbocycles. The molecule has 0 bridgehead atoms. The van der Waals surface area contributed by atoms with E-state index in [1.54, 1.807) is 7.11 Å². The summed E-state index contributed by atoms with van der Waals surface area (Å²) in [4.78, 5) is 0. The van der Waals surface area contributed by atoms with Gasteiger partial charge in [-0.25, -0.2) is 0 Å². The van der Waals surface area contributed by atoms with Crippen LogP contribution in [-0.2, 0) is 5.41 Å². The average Bonchev–Trinajstić information content (AvgIpc) is 2.78. The third-order valence-corrected chi connectivity index (χ3v) is 6.22. The van der Waals surface area contributed by atoms with E-state index in [1.807, 2.05) is 6.07 Å². The van der Waals surface area contributed by atoms with Crippen LogP contribution in [0.25, 0.3) is 0 Å². The van der Waals surface area contributed by atoms with Crippen LogP contribution in [0.15, 0.2) is 109 Å². The van der Waals surface area contributed by atoms with E-state index >= 15 is 0 Å². The van der Waals surface area contributed by atoms with Gasteiger partial charge in [-0.2, -0.15) is 0 Å². The van der Waals surface area contributed by atoms with Crippen molar-refractivity contribution >= 4 is 0 Å². The second kappa shape index (κ2) is 7.75. The number of methoxy groups -OCH3 is 1. The summed E-state index contributed by atoms with van der Waals surface area (Å²) in [5.74, 6) is 1.34. The van der Waals surface area contributed by atoms with Crippen molar-refractivity contribution in [2.24, 2.45) is 11.3 Å². The Bertz CT molecular complexity index is 961. The van der Waals surface area contributed by atoms with Gasteiger partial charge in [-0.1, -0.05) is 117 Å². The molecule has 0 spiro atoms. The van der Waals surface area contributed by atoms with Crippen LogP contribution in [0.5, 0.6) is 5.75 Å². The third-order valence-electron chi connectivity index (χ3n) is 6.22. The van der Waals surface area contributed by atoms with E-state index in [-0.39, 0.29) is 5.41 Å². The molecule has 4 rings (SSSR count). The summed E-state index contributed by atoms with van der Waals surface area (Å²) < 4.78 is 5.90. The van der Waals surface area contributed by atoms with Gasteiger partial charge >= 0.3 is 0 Å². The smallest absolute Gasteiger partial charge is 0.123 e. The van der Waals surface area contributed by atoms with Crippen LogP contribution >= 0.6 is 0 Å². The monoisotopic (exact) mass is 380 g/mol. The van der Waals surface area contributed by atoms with E-state index in [2.05, 4.69) is 117 Å². The standard InChI is InChI=1S/C28H28O/c1-22-18-20-27(2,21-19-22)28(23-12-6-4-7-13-23,24-14-8-5-9-15-24)25-16-10-11-17-26(25)29-3/h4-22H,1-3H3. The Balaban J connectivity index is 2.16. The van der Waals surface area contributed by atoms with Gasteiger partial charge in [0, 0.05) is 11.0 Å². The maximum Gasteiger partial charge on any atom is 0.123 e. The number of allylic oxidation sites excluding steroid dienone is 4. The maximum absolute atomic E-state index is 5.90. The summed E-state index contributed by atoms with van der Waals surface area (Å²) >= 11 is 0. The lowest BCUT2D eigenvalue weighted by atomic mass is 9.53. The molecule has 146 valence electrons. The normalized spacial score (nSPS) is 21.1. The van der Waals surface area contributed by atoms with Gasteiger partial charge in [0.2, 0.25) is 0 Å².